The van der Waals surface area contributed by atoms with E-state index in [9.17, 15) is 4.79 Å². The predicted molar refractivity (Wildman–Crippen MR) is 79.4 cm³/mol. The standard InChI is InChI=1S/C16H15N3O3/c1-10-3-2-6-19-13(7-12(8-17)16(20)21)15(18-14(10)19)22-9-11-4-5-11/h2-3,6-7,11H,4-5,9H2,1H3,(H,20,21). The van der Waals surface area contributed by atoms with Crippen LogP contribution in [0.4, 0.5) is 0 Å². The molecule has 0 bridgehead atoms. The second kappa shape index (κ2) is 5.53. The maximum absolute atomic E-state index is 11.1. The molecule has 1 fully saturated rings. The Morgan fingerprint density at radius 3 is 3.05 bits per heavy atom. The molecule has 2 aromatic rings. The van der Waals surface area contributed by atoms with Crippen LogP contribution in [-0.4, -0.2) is 27.1 Å². The summed E-state index contributed by atoms with van der Waals surface area (Å²) in [5, 5.41) is 18.0. The average molecular weight is 297 g/mol. The number of carboxylic acid groups (broad SMARTS) is 1. The van der Waals surface area contributed by atoms with Gasteiger partial charge in [-0.1, -0.05) is 6.07 Å². The summed E-state index contributed by atoms with van der Waals surface area (Å²) in [6, 6.07) is 5.45. The Balaban J connectivity index is 2.11. The SMILES string of the molecule is Cc1cccn2c(C=C(C#N)C(=O)O)c(OCC3CC3)nc12. The quantitative estimate of drug-likeness (QED) is 0.676. The van der Waals surface area contributed by atoms with Gasteiger partial charge in [-0.05, 0) is 43.4 Å². The molecule has 0 amide bonds. The molecule has 0 radical (unpaired) electrons. The Hall–Kier alpha value is -2.81. The minimum absolute atomic E-state index is 0.348. The van der Waals surface area contributed by atoms with Crippen molar-refractivity contribution in [2.75, 3.05) is 6.61 Å². The van der Waals surface area contributed by atoms with E-state index in [0.29, 0.717) is 29.7 Å². The number of fused-ring (bicyclic) bond motifs is 1. The first kappa shape index (κ1) is 14.1. The number of nitrogens with zero attached hydrogens (tertiary/aromatic N) is 3. The number of hydrogen-bond donors (Lipinski definition) is 1. The number of hydrogen-bond acceptors (Lipinski definition) is 4. The molecule has 1 saturated carbocycles. The lowest BCUT2D eigenvalue weighted by Gasteiger charge is -2.03. The van der Waals surface area contributed by atoms with Crippen LogP contribution in [0.5, 0.6) is 5.88 Å². The molecule has 112 valence electrons. The lowest BCUT2D eigenvalue weighted by atomic mass is 10.2. The summed E-state index contributed by atoms with van der Waals surface area (Å²) in [4.78, 5) is 15.5. The normalized spacial score (nSPS) is 14.8. The van der Waals surface area contributed by atoms with Crippen molar-refractivity contribution in [3.8, 4) is 11.9 Å². The van der Waals surface area contributed by atoms with E-state index in [1.165, 1.54) is 6.08 Å². The number of aryl methyl sites for hydroxylation is 1. The van der Waals surface area contributed by atoms with Crippen molar-refractivity contribution in [3.05, 3.63) is 35.2 Å². The molecule has 2 heterocycles. The summed E-state index contributed by atoms with van der Waals surface area (Å²) in [5.41, 5.74) is 1.78. The third-order valence-corrected chi connectivity index (χ3v) is 3.63. The first-order valence-electron chi connectivity index (χ1n) is 7.05. The summed E-state index contributed by atoms with van der Waals surface area (Å²) >= 11 is 0. The van der Waals surface area contributed by atoms with Gasteiger partial charge >= 0.3 is 5.97 Å². The van der Waals surface area contributed by atoms with Crippen molar-refractivity contribution in [3.63, 3.8) is 0 Å². The van der Waals surface area contributed by atoms with Crippen molar-refractivity contribution < 1.29 is 14.6 Å². The summed E-state index contributed by atoms with van der Waals surface area (Å²) in [5.74, 6) is -0.342. The van der Waals surface area contributed by atoms with Crippen LogP contribution in [-0.2, 0) is 4.79 Å². The van der Waals surface area contributed by atoms with Crippen LogP contribution < -0.4 is 4.74 Å². The third-order valence-electron chi connectivity index (χ3n) is 3.63. The van der Waals surface area contributed by atoms with Crippen LogP contribution >= 0.6 is 0 Å². The third kappa shape index (κ3) is 2.66. The molecule has 0 unspecified atom stereocenters. The van der Waals surface area contributed by atoms with Gasteiger partial charge in [-0.2, -0.15) is 10.2 Å². The van der Waals surface area contributed by atoms with E-state index in [2.05, 4.69) is 4.98 Å². The zero-order valence-corrected chi connectivity index (χ0v) is 12.1. The molecule has 6 nitrogen and oxygen atoms in total. The van der Waals surface area contributed by atoms with Gasteiger partial charge in [-0.25, -0.2) is 4.79 Å². The van der Waals surface area contributed by atoms with Crippen molar-refractivity contribution in [1.29, 1.82) is 5.26 Å². The number of ether oxygens (including phenoxy) is 1. The predicted octanol–water partition coefficient (Wildman–Crippen LogP) is 2.42. The summed E-state index contributed by atoms with van der Waals surface area (Å²) in [6.07, 6.45) is 5.39. The number of pyridine rings is 1. The van der Waals surface area contributed by atoms with Crippen LogP contribution in [0.3, 0.4) is 0 Å². The van der Waals surface area contributed by atoms with Crippen LogP contribution in [0.25, 0.3) is 11.7 Å². The van der Waals surface area contributed by atoms with E-state index in [4.69, 9.17) is 15.1 Å². The number of aromatic nitrogens is 2. The highest BCUT2D eigenvalue weighted by Crippen LogP contribution is 2.31. The molecule has 1 aliphatic carbocycles. The molecular formula is C16H15N3O3. The number of carbonyl (C=O) groups is 1. The summed E-state index contributed by atoms with van der Waals surface area (Å²) in [7, 11) is 0. The Morgan fingerprint density at radius 2 is 2.41 bits per heavy atom. The van der Waals surface area contributed by atoms with E-state index < -0.39 is 5.97 Å². The fraction of sp³-hybridized carbons (Fsp3) is 0.312. The maximum Gasteiger partial charge on any atom is 0.346 e. The van der Waals surface area contributed by atoms with Gasteiger partial charge in [0.2, 0.25) is 5.88 Å². The monoisotopic (exact) mass is 297 g/mol. The van der Waals surface area contributed by atoms with Crippen molar-refractivity contribution in [2.24, 2.45) is 5.92 Å². The van der Waals surface area contributed by atoms with Gasteiger partial charge < -0.3 is 9.84 Å². The topological polar surface area (TPSA) is 87.6 Å². The highest BCUT2D eigenvalue weighted by molar-refractivity contribution is 5.96. The molecule has 0 atom stereocenters. The molecule has 22 heavy (non-hydrogen) atoms. The smallest absolute Gasteiger partial charge is 0.346 e. The van der Waals surface area contributed by atoms with Gasteiger partial charge in [0, 0.05) is 6.20 Å². The number of nitriles is 1. The minimum atomic E-state index is -1.27. The van der Waals surface area contributed by atoms with Crippen molar-refractivity contribution in [1.82, 2.24) is 9.38 Å². The summed E-state index contributed by atoms with van der Waals surface area (Å²) in [6.45, 7) is 2.49. The number of imidazole rings is 1. The van der Waals surface area contributed by atoms with Crippen molar-refractivity contribution >= 4 is 17.7 Å². The van der Waals surface area contributed by atoms with Crippen LogP contribution in [0, 0.1) is 24.2 Å². The van der Waals surface area contributed by atoms with Gasteiger partial charge in [-0.3, -0.25) is 4.40 Å². The zero-order valence-electron chi connectivity index (χ0n) is 12.1. The maximum atomic E-state index is 11.1. The Labute approximate surface area is 127 Å². The number of carboxylic acids is 1. The zero-order chi connectivity index (χ0) is 15.7. The molecule has 0 saturated heterocycles. The first-order valence-corrected chi connectivity index (χ1v) is 7.05. The molecular weight excluding hydrogens is 282 g/mol. The molecule has 2 aromatic heterocycles. The Bertz CT molecular complexity index is 810. The molecule has 3 rings (SSSR count). The van der Waals surface area contributed by atoms with E-state index in [1.807, 2.05) is 19.1 Å². The molecule has 0 aliphatic heterocycles. The van der Waals surface area contributed by atoms with Crippen LogP contribution in [0.1, 0.15) is 24.1 Å². The van der Waals surface area contributed by atoms with Gasteiger partial charge in [-0.15, -0.1) is 0 Å². The summed E-state index contributed by atoms with van der Waals surface area (Å²) < 4.78 is 7.50. The van der Waals surface area contributed by atoms with Gasteiger partial charge in [0.15, 0.2) is 0 Å². The van der Waals surface area contributed by atoms with E-state index >= 15 is 0 Å². The van der Waals surface area contributed by atoms with Gasteiger partial charge in [0.25, 0.3) is 0 Å². The number of rotatable bonds is 5. The molecule has 1 aliphatic rings. The lowest BCUT2D eigenvalue weighted by Crippen LogP contribution is -2.02. The van der Waals surface area contributed by atoms with E-state index in [0.717, 1.165) is 18.4 Å². The fourth-order valence-corrected chi connectivity index (χ4v) is 2.20. The fourth-order valence-electron chi connectivity index (χ4n) is 2.20. The molecule has 1 N–H and O–H groups in total. The average Bonchev–Trinajstić information content (AvgIpc) is 3.25. The molecule has 6 heteroatoms. The highest BCUT2D eigenvalue weighted by Gasteiger charge is 2.24. The van der Waals surface area contributed by atoms with E-state index in [-0.39, 0.29) is 5.57 Å². The largest absolute Gasteiger partial charge is 0.477 e. The minimum Gasteiger partial charge on any atom is -0.477 e. The Kier molecular flexibility index (Phi) is 3.55. The second-order valence-electron chi connectivity index (χ2n) is 5.42. The Morgan fingerprint density at radius 1 is 1.64 bits per heavy atom. The molecule has 0 aromatic carbocycles. The first-order chi connectivity index (χ1) is 10.6. The molecule has 0 spiro atoms. The van der Waals surface area contributed by atoms with Gasteiger partial charge in [0.05, 0.1) is 6.61 Å². The lowest BCUT2D eigenvalue weighted by molar-refractivity contribution is -0.132. The van der Waals surface area contributed by atoms with Crippen LogP contribution in [0.2, 0.25) is 0 Å². The second-order valence-corrected chi connectivity index (χ2v) is 5.42. The highest BCUT2D eigenvalue weighted by atomic mass is 16.5. The number of aliphatic carboxylic acids is 1. The van der Waals surface area contributed by atoms with Crippen LogP contribution in [0.15, 0.2) is 23.9 Å². The van der Waals surface area contributed by atoms with Crippen molar-refractivity contribution in [2.45, 2.75) is 19.8 Å². The van der Waals surface area contributed by atoms with Gasteiger partial charge in [0.1, 0.15) is 23.0 Å². The van der Waals surface area contributed by atoms with E-state index in [1.54, 1.807) is 16.7 Å².